The molecule has 0 radical (unpaired) electrons. The molecule has 1 aliphatic heterocycles. The summed E-state index contributed by atoms with van der Waals surface area (Å²) in [6.45, 7) is 9.09. The number of aromatic amines is 4. The Balaban J connectivity index is 0.753. The first-order valence-corrected chi connectivity index (χ1v) is 40.8. The maximum atomic E-state index is 13.1. The summed E-state index contributed by atoms with van der Waals surface area (Å²) < 4.78 is 7.57. The van der Waals surface area contributed by atoms with E-state index in [2.05, 4.69) is 261 Å². The fourth-order valence-corrected chi connectivity index (χ4v) is 15.8. The molecule has 16 nitrogen and oxygen atoms in total. The molecule has 0 aliphatic carbocycles. The molecule has 9 heterocycles. The lowest BCUT2D eigenvalue weighted by molar-refractivity contribution is -0.671. The van der Waals surface area contributed by atoms with Crippen LogP contribution in [0.15, 0.2) is 341 Å². The average molecular weight is 1620 g/mol. The van der Waals surface area contributed by atoms with E-state index >= 15 is 0 Å². The minimum atomic E-state index is -0.853. The van der Waals surface area contributed by atoms with Crippen LogP contribution < -0.4 is 28.3 Å². The Kier molecular flexibility index (Phi) is 21.8. The predicted molar refractivity (Wildman–Crippen MR) is 481 cm³/mol. The summed E-state index contributed by atoms with van der Waals surface area (Å²) in [5, 5.41) is 30.5. The van der Waals surface area contributed by atoms with Crippen molar-refractivity contribution in [1.82, 2.24) is 19.9 Å². The lowest BCUT2D eigenvalue weighted by Gasteiger charge is -2.34. The van der Waals surface area contributed by atoms with Crippen LogP contribution in [-0.2, 0) is 49.9 Å². The Labute approximate surface area is 720 Å². The van der Waals surface area contributed by atoms with Gasteiger partial charge >= 0.3 is 11.8 Å². The second kappa shape index (κ2) is 33.8. The standard InChI is InChI=1S/C108H84N12O4/c1-105(85-33-17-73(18-34-85)9-13-77-25-41-89(42-26-77)109-101(121)81-57-65-117(5)66-58-81)93-49-51-95(113-93)106(2,86-35-19-74(20-36-86)10-14-78-27-43-90(44-28-78)110-102(122)82-59-67-118(6)68-60-82)97-53-55-99(115-97)108(4,88-39-23-76(24-40-88)12-16-80-31-47-92(48-32-80)112-104(124)84-63-71-120(8)72-64-84)100-56-54-98(116-100)107(3,96-52-50-94(105)114-96)87-37-21-75(22-38-87)11-15-79-29-45-91(46-30-79)111-103(123)83-61-69-119(7)70-62-83/h17-72,113-116H,1-8H3/p+4/t105-,106+,107-,108+. The van der Waals surface area contributed by atoms with Crippen molar-refractivity contribution in [3.63, 3.8) is 0 Å². The number of carbonyl (C=O) groups is 2. The molecule has 8 aromatic carbocycles. The smallest absolute Gasteiger partial charge is 0.372 e. The van der Waals surface area contributed by atoms with Crippen LogP contribution in [-0.4, -0.2) is 53.8 Å². The second-order valence-corrected chi connectivity index (χ2v) is 32.0. The van der Waals surface area contributed by atoms with Crippen molar-refractivity contribution in [2.75, 3.05) is 0 Å². The van der Waals surface area contributed by atoms with Crippen molar-refractivity contribution in [2.24, 2.45) is 28.2 Å². The van der Waals surface area contributed by atoms with Crippen molar-refractivity contribution in [3.8, 4) is 47.4 Å². The largest absolute Gasteiger partial charge is 0.623 e. The first-order chi connectivity index (χ1) is 60.1. The number of benzene rings is 8. The van der Waals surface area contributed by atoms with E-state index in [0.29, 0.717) is 33.6 Å². The Bertz CT molecular complexity index is 6600. The minimum Gasteiger partial charge on any atom is -0.623 e. The summed E-state index contributed by atoms with van der Waals surface area (Å²) in [7, 11) is 7.67. The van der Waals surface area contributed by atoms with Crippen LogP contribution in [0.5, 0.6) is 0 Å². The van der Waals surface area contributed by atoms with Gasteiger partial charge in [0.2, 0.25) is 11.4 Å². The van der Waals surface area contributed by atoms with Gasteiger partial charge in [0.25, 0.3) is 0 Å². The van der Waals surface area contributed by atoms with Gasteiger partial charge < -0.3 is 50.4 Å². The summed E-state index contributed by atoms with van der Waals surface area (Å²) in [4.78, 5) is 48.9. The third-order valence-electron chi connectivity index (χ3n) is 23.8. The van der Waals surface area contributed by atoms with Gasteiger partial charge in [0.05, 0.1) is 44.6 Å². The number of amides is 2. The summed E-state index contributed by atoms with van der Waals surface area (Å²) in [5.41, 5.74) is 19.6. The van der Waals surface area contributed by atoms with Crippen LogP contribution >= 0.6 is 0 Å². The van der Waals surface area contributed by atoms with Crippen LogP contribution in [0, 0.1) is 47.4 Å². The highest BCUT2D eigenvalue weighted by atomic mass is 16.3. The zero-order valence-corrected chi connectivity index (χ0v) is 69.7. The van der Waals surface area contributed by atoms with Crippen molar-refractivity contribution in [1.29, 1.82) is 0 Å². The number of aliphatic hydroxyl groups excluding tert-OH is 2. The Morgan fingerprint density at radius 2 is 0.435 bits per heavy atom. The van der Waals surface area contributed by atoms with Gasteiger partial charge in [-0.2, -0.15) is 9.98 Å². The highest BCUT2D eigenvalue weighted by Crippen LogP contribution is 2.48. The molecular weight excluding hydrogens is 1530 g/mol. The fourth-order valence-electron chi connectivity index (χ4n) is 15.8. The molecule has 16 heteroatoms. The number of nitrogens with one attached hydrogen (secondary N) is 6. The van der Waals surface area contributed by atoms with Gasteiger partial charge in [-0.25, -0.2) is 18.3 Å². The van der Waals surface area contributed by atoms with Crippen LogP contribution in [0.25, 0.3) is 10.6 Å². The summed E-state index contributed by atoms with van der Waals surface area (Å²) in [5.74, 6) is 26.6. The number of rotatable bonds is 12. The average Bonchev–Trinajstić information content (AvgIpc) is 1.56. The number of aryl methyl sites for hydroxylation is 4. The first-order valence-electron chi connectivity index (χ1n) is 40.8. The molecule has 0 fully saturated rings. The highest BCUT2D eigenvalue weighted by Gasteiger charge is 2.44. The number of pyridine rings is 4. The second-order valence-electron chi connectivity index (χ2n) is 32.0. The number of aliphatic hydroxyl groups is 2. The maximum Gasteiger partial charge on any atom is 0.372 e. The molecule has 8 bridgehead atoms. The van der Waals surface area contributed by atoms with Gasteiger partial charge in [-0.05, 0) is 196 Å². The number of hydrogen-bond acceptors (Lipinski definition) is 2. The predicted octanol–water partition coefficient (Wildman–Crippen LogP) is 14.8. The Morgan fingerprint density at radius 1 is 0.258 bits per heavy atom. The number of aromatic nitrogens is 8. The van der Waals surface area contributed by atoms with Crippen molar-refractivity contribution >= 4 is 46.4 Å². The maximum absolute atomic E-state index is 13.1. The zero-order valence-electron chi connectivity index (χ0n) is 69.7. The van der Waals surface area contributed by atoms with Gasteiger partial charge in [0.1, 0.15) is 28.2 Å². The molecule has 1 aliphatic rings. The summed E-state index contributed by atoms with van der Waals surface area (Å²) >= 11 is 0. The molecular formula is C108H88N12O4+4. The molecule has 8 aromatic heterocycles. The van der Waals surface area contributed by atoms with Gasteiger partial charge in [0, 0.05) is 174 Å². The lowest BCUT2D eigenvalue weighted by Crippen LogP contribution is -2.66. The molecule has 0 saturated heterocycles. The molecule has 4 atom stereocenters. The van der Waals surface area contributed by atoms with Crippen LogP contribution in [0.3, 0.4) is 0 Å². The van der Waals surface area contributed by atoms with E-state index in [9.17, 15) is 19.8 Å². The van der Waals surface area contributed by atoms with Gasteiger partial charge in [0.15, 0.2) is 49.6 Å². The van der Waals surface area contributed by atoms with Gasteiger partial charge in [-0.15, -0.1) is 11.4 Å². The highest BCUT2D eigenvalue weighted by molar-refractivity contribution is 6.09. The van der Waals surface area contributed by atoms with Crippen molar-refractivity contribution in [2.45, 2.75) is 49.4 Å². The molecule has 124 heavy (non-hydrogen) atoms. The molecule has 17 rings (SSSR count). The number of fused-ring (bicyclic) bond motifs is 8. The molecule has 8 N–H and O–H groups in total. The van der Waals surface area contributed by atoms with E-state index in [1.54, 1.807) is 24.3 Å². The van der Waals surface area contributed by atoms with Crippen LogP contribution in [0.4, 0.5) is 22.7 Å². The topological polar surface area (TPSA) is 209 Å². The van der Waals surface area contributed by atoms with E-state index < -0.39 is 21.7 Å². The number of H-pyrrole nitrogens is 4. The first kappa shape index (κ1) is 80.0. The lowest BCUT2D eigenvalue weighted by atomic mass is 9.76. The number of carbonyl (C=O) groups excluding carboxylic acids is 2. The Morgan fingerprint density at radius 3 is 0.637 bits per heavy atom. The zero-order chi connectivity index (χ0) is 85.7. The minimum absolute atomic E-state index is 0.0580. The monoisotopic (exact) mass is 1620 g/mol. The quantitative estimate of drug-likeness (QED) is 0.0260. The number of nitrogens with zero attached hydrogens (tertiary/aromatic N) is 6. The molecule has 0 spiro atoms. The van der Waals surface area contributed by atoms with Gasteiger partial charge in [-0.3, -0.25) is 0 Å². The van der Waals surface area contributed by atoms with Crippen molar-refractivity contribution in [3.05, 3.63) is 486 Å². The van der Waals surface area contributed by atoms with E-state index in [0.717, 1.165) is 124 Å². The normalized spacial score (nSPS) is 16.5. The van der Waals surface area contributed by atoms with E-state index in [4.69, 9.17) is 0 Å². The van der Waals surface area contributed by atoms with Crippen LogP contribution in [0.2, 0.25) is 0 Å². The third kappa shape index (κ3) is 16.6. The summed E-state index contributed by atoms with van der Waals surface area (Å²) in [6.07, 6.45) is 14.8. The Hall–Kier alpha value is -16.4. The molecule has 600 valence electrons. The molecule has 2 amide bonds. The van der Waals surface area contributed by atoms with E-state index in [1.807, 2.05) is 217 Å². The third-order valence-corrected chi connectivity index (χ3v) is 23.8. The van der Waals surface area contributed by atoms with E-state index in [-0.39, 0.29) is 23.6 Å². The van der Waals surface area contributed by atoms with E-state index in [1.165, 1.54) is 0 Å². The molecule has 0 unspecified atom stereocenters. The van der Waals surface area contributed by atoms with Gasteiger partial charge in [-0.1, -0.05) is 120 Å². The molecule has 16 aromatic rings. The SMILES string of the molecule is C[n+]1ccc(C(=O)[N-]c2ccc(C#Cc3ccc([C@@]4(C)c5ccc([nH]5)[C@@](C)(c5ccc(C#Cc6ccc([N-]C(=O)c7cc[n+](C)cc7)cc6)cc5)c5ccc([nH]5)[C@@](C)(c5ccc(C#Cc6ccc([NH+]=C(O)c7cc[n+](C)cc7)cc6)cc5)c5ccc([nH]5)[C@@](C)(c5ccc(C#Cc6ccc([NH+]=C(O)c7cc[n+](C)cc7)cc6)cc5)c5ccc4[nH]5)cc3)cc2)cc1. The summed E-state index contributed by atoms with van der Waals surface area (Å²) in [6, 6.07) is 96.4. The van der Waals surface area contributed by atoms with Crippen molar-refractivity contribution < 1.29 is 48.1 Å². The number of hydrogen-bond donors (Lipinski definition) is 8. The fraction of sp³-hybridized carbons (Fsp3) is 0.111. The van der Waals surface area contributed by atoms with Crippen LogP contribution in [0.1, 0.15) is 172 Å². The molecule has 0 saturated carbocycles.